The SMILES string of the molecule is COC(=O)CC1CN(Cc2c(Cl)c(C)nn2C)CCO1. The molecular formula is C13H20ClN3O3. The van der Waals surface area contributed by atoms with Gasteiger partial charge >= 0.3 is 5.97 Å². The van der Waals surface area contributed by atoms with Gasteiger partial charge in [-0.05, 0) is 6.92 Å². The first-order valence-corrected chi connectivity index (χ1v) is 6.97. The van der Waals surface area contributed by atoms with Crippen molar-refractivity contribution in [2.75, 3.05) is 26.8 Å². The van der Waals surface area contributed by atoms with Crippen molar-refractivity contribution in [1.82, 2.24) is 14.7 Å². The minimum absolute atomic E-state index is 0.121. The van der Waals surface area contributed by atoms with Crippen LogP contribution in [0.2, 0.25) is 5.02 Å². The Morgan fingerprint density at radius 3 is 2.95 bits per heavy atom. The summed E-state index contributed by atoms with van der Waals surface area (Å²) in [5.74, 6) is -0.244. The maximum Gasteiger partial charge on any atom is 0.308 e. The number of carbonyl (C=O) groups excluding carboxylic acids is 1. The molecule has 1 fully saturated rings. The maximum absolute atomic E-state index is 11.3. The van der Waals surface area contributed by atoms with Crippen molar-refractivity contribution in [3.05, 3.63) is 16.4 Å². The molecule has 20 heavy (non-hydrogen) atoms. The lowest BCUT2D eigenvalue weighted by Gasteiger charge is -2.32. The van der Waals surface area contributed by atoms with Crippen LogP contribution < -0.4 is 0 Å². The van der Waals surface area contributed by atoms with E-state index in [9.17, 15) is 4.79 Å². The Balaban J connectivity index is 1.97. The quantitative estimate of drug-likeness (QED) is 0.781. The van der Waals surface area contributed by atoms with Crippen LogP contribution in [0.3, 0.4) is 0 Å². The van der Waals surface area contributed by atoms with Crippen molar-refractivity contribution in [3.8, 4) is 0 Å². The fourth-order valence-corrected chi connectivity index (χ4v) is 2.60. The molecule has 0 N–H and O–H groups in total. The summed E-state index contributed by atoms with van der Waals surface area (Å²) in [6.45, 7) is 4.71. The predicted molar refractivity (Wildman–Crippen MR) is 74.6 cm³/mol. The highest BCUT2D eigenvalue weighted by Crippen LogP contribution is 2.22. The first-order chi connectivity index (χ1) is 9.51. The van der Waals surface area contributed by atoms with Gasteiger partial charge in [0.2, 0.25) is 0 Å². The van der Waals surface area contributed by atoms with E-state index in [1.807, 2.05) is 18.7 Å². The summed E-state index contributed by atoms with van der Waals surface area (Å²) < 4.78 is 12.1. The lowest BCUT2D eigenvalue weighted by molar-refractivity contribution is -0.145. The normalized spacial score (nSPS) is 20.1. The minimum Gasteiger partial charge on any atom is -0.469 e. The number of rotatable bonds is 4. The molecular weight excluding hydrogens is 282 g/mol. The summed E-state index contributed by atoms with van der Waals surface area (Å²) in [7, 11) is 3.28. The molecule has 0 aromatic carbocycles. The highest BCUT2D eigenvalue weighted by molar-refractivity contribution is 6.31. The number of halogens is 1. The molecule has 0 aliphatic carbocycles. The zero-order valence-electron chi connectivity index (χ0n) is 12.1. The van der Waals surface area contributed by atoms with Gasteiger partial charge in [0.15, 0.2) is 0 Å². The van der Waals surface area contributed by atoms with E-state index < -0.39 is 0 Å². The summed E-state index contributed by atoms with van der Waals surface area (Å²) in [6.07, 6.45) is 0.162. The Kier molecular flexibility index (Phi) is 5.01. The summed E-state index contributed by atoms with van der Waals surface area (Å²) in [5.41, 5.74) is 1.83. The van der Waals surface area contributed by atoms with Crippen molar-refractivity contribution < 1.29 is 14.3 Å². The van der Waals surface area contributed by atoms with Gasteiger partial charge in [-0.2, -0.15) is 5.10 Å². The monoisotopic (exact) mass is 301 g/mol. The van der Waals surface area contributed by atoms with Gasteiger partial charge in [0.1, 0.15) is 0 Å². The molecule has 0 bridgehead atoms. The number of nitrogens with zero attached hydrogens (tertiary/aromatic N) is 3. The Morgan fingerprint density at radius 2 is 2.35 bits per heavy atom. The van der Waals surface area contributed by atoms with Gasteiger partial charge in [-0.15, -0.1) is 0 Å². The lowest BCUT2D eigenvalue weighted by Crippen LogP contribution is -2.43. The summed E-state index contributed by atoms with van der Waals surface area (Å²) in [4.78, 5) is 13.5. The number of esters is 1. The van der Waals surface area contributed by atoms with Gasteiger partial charge in [0.05, 0.1) is 42.7 Å². The van der Waals surface area contributed by atoms with Gasteiger partial charge in [-0.25, -0.2) is 0 Å². The van der Waals surface area contributed by atoms with E-state index in [2.05, 4.69) is 14.7 Å². The molecule has 0 spiro atoms. The second-order valence-corrected chi connectivity index (χ2v) is 5.36. The molecule has 1 saturated heterocycles. The van der Waals surface area contributed by atoms with Gasteiger partial charge in [-0.3, -0.25) is 14.4 Å². The molecule has 1 atom stereocenters. The maximum atomic E-state index is 11.3. The van der Waals surface area contributed by atoms with E-state index in [1.165, 1.54) is 7.11 Å². The number of carbonyl (C=O) groups is 1. The molecule has 6 nitrogen and oxygen atoms in total. The molecule has 112 valence electrons. The van der Waals surface area contributed by atoms with E-state index in [1.54, 1.807) is 0 Å². The Labute approximate surface area is 123 Å². The molecule has 2 rings (SSSR count). The Bertz CT molecular complexity index is 489. The molecule has 1 unspecified atom stereocenters. The van der Waals surface area contributed by atoms with E-state index >= 15 is 0 Å². The second-order valence-electron chi connectivity index (χ2n) is 4.98. The van der Waals surface area contributed by atoms with Crippen molar-refractivity contribution in [2.24, 2.45) is 7.05 Å². The first kappa shape index (κ1) is 15.3. The standard InChI is InChI=1S/C13H20ClN3O3/c1-9-13(14)11(16(2)15-9)8-17-4-5-20-10(7-17)6-12(18)19-3/h10H,4-8H2,1-3H3. The number of hydrogen-bond donors (Lipinski definition) is 0. The van der Waals surface area contributed by atoms with Crippen LogP contribution in [-0.2, 0) is 27.9 Å². The summed E-state index contributed by atoms with van der Waals surface area (Å²) >= 11 is 6.26. The first-order valence-electron chi connectivity index (χ1n) is 6.60. The zero-order valence-corrected chi connectivity index (χ0v) is 12.8. The molecule has 0 radical (unpaired) electrons. The molecule has 1 aliphatic heterocycles. The average Bonchev–Trinajstić information content (AvgIpc) is 2.66. The Morgan fingerprint density at radius 1 is 1.60 bits per heavy atom. The van der Waals surface area contributed by atoms with E-state index in [0.29, 0.717) is 24.7 Å². The smallest absolute Gasteiger partial charge is 0.308 e. The number of aryl methyl sites for hydroxylation is 2. The van der Waals surface area contributed by atoms with Gasteiger partial charge in [0.25, 0.3) is 0 Å². The fraction of sp³-hybridized carbons (Fsp3) is 0.692. The third kappa shape index (κ3) is 3.50. The second kappa shape index (κ2) is 6.56. The van der Waals surface area contributed by atoms with E-state index in [4.69, 9.17) is 16.3 Å². The number of methoxy groups -OCH3 is 1. The molecule has 1 aromatic rings. The summed E-state index contributed by atoms with van der Waals surface area (Å²) in [6, 6.07) is 0. The van der Waals surface area contributed by atoms with Gasteiger partial charge < -0.3 is 9.47 Å². The molecule has 2 heterocycles. The minimum atomic E-state index is -0.244. The Hall–Kier alpha value is -1.11. The molecule has 7 heteroatoms. The fourth-order valence-electron chi connectivity index (χ4n) is 2.38. The largest absolute Gasteiger partial charge is 0.469 e. The van der Waals surface area contributed by atoms with E-state index in [-0.39, 0.29) is 18.5 Å². The van der Waals surface area contributed by atoms with Crippen molar-refractivity contribution in [2.45, 2.75) is 26.0 Å². The van der Waals surface area contributed by atoms with Crippen LogP contribution in [0.5, 0.6) is 0 Å². The number of aromatic nitrogens is 2. The van der Waals surface area contributed by atoms with Crippen LogP contribution in [0.4, 0.5) is 0 Å². The van der Waals surface area contributed by atoms with Crippen molar-refractivity contribution >= 4 is 17.6 Å². The average molecular weight is 302 g/mol. The number of morpholine rings is 1. The number of ether oxygens (including phenoxy) is 2. The van der Waals surface area contributed by atoms with Crippen LogP contribution in [0.1, 0.15) is 17.8 Å². The zero-order chi connectivity index (χ0) is 14.7. The lowest BCUT2D eigenvalue weighted by atomic mass is 10.2. The molecule has 0 amide bonds. The highest BCUT2D eigenvalue weighted by atomic mass is 35.5. The highest BCUT2D eigenvalue weighted by Gasteiger charge is 2.25. The van der Waals surface area contributed by atoms with Crippen molar-refractivity contribution in [1.29, 1.82) is 0 Å². The van der Waals surface area contributed by atoms with Crippen LogP contribution in [0.25, 0.3) is 0 Å². The topological polar surface area (TPSA) is 56.6 Å². The third-order valence-electron chi connectivity index (χ3n) is 3.48. The van der Waals surface area contributed by atoms with Gasteiger partial charge in [-0.1, -0.05) is 11.6 Å². The van der Waals surface area contributed by atoms with Crippen LogP contribution in [-0.4, -0.2) is 53.6 Å². The molecule has 1 aliphatic rings. The van der Waals surface area contributed by atoms with Crippen LogP contribution in [0, 0.1) is 6.92 Å². The third-order valence-corrected chi connectivity index (χ3v) is 3.97. The van der Waals surface area contributed by atoms with Crippen molar-refractivity contribution in [3.63, 3.8) is 0 Å². The summed E-state index contributed by atoms with van der Waals surface area (Å²) in [5, 5.41) is 5.02. The van der Waals surface area contributed by atoms with Crippen LogP contribution in [0.15, 0.2) is 0 Å². The number of hydrogen-bond acceptors (Lipinski definition) is 5. The van der Waals surface area contributed by atoms with Crippen LogP contribution >= 0.6 is 11.6 Å². The predicted octanol–water partition coefficient (Wildman–Crippen LogP) is 1.15. The molecule has 1 aromatic heterocycles. The van der Waals surface area contributed by atoms with E-state index in [0.717, 1.165) is 17.9 Å². The van der Waals surface area contributed by atoms with Gasteiger partial charge in [0, 0.05) is 26.7 Å². The molecule has 0 saturated carbocycles.